The van der Waals surface area contributed by atoms with Crippen LogP contribution in [0.4, 0.5) is 0 Å². The number of nitrogens with one attached hydrogen (secondary N) is 1. The Hall–Kier alpha value is -1.84. The molecule has 20 heavy (non-hydrogen) atoms. The van der Waals surface area contributed by atoms with Crippen LogP contribution in [0.5, 0.6) is 11.5 Å². The molecule has 106 valence electrons. The van der Waals surface area contributed by atoms with Gasteiger partial charge < -0.3 is 14.8 Å². The van der Waals surface area contributed by atoms with Gasteiger partial charge in [-0.2, -0.15) is 0 Å². The lowest BCUT2D eigenvalue weighted by molar-refractivity contribution is 0.199. The minimum absolute atomic E-state index is 0.730. The Kier molecular flexibility index (Phi) is 5.59. The Bertz CT molecular complexity index is 526. The fraction of sp³-hybridized carbons (Fsp3) is 0.294. The molecule has 0 spiro atoms. The van der Waals surface area contributed by atoms with Crippen LogP contribution in [-0.4, -0.2) is 20.3 Å². The molecule has 3 heteroatoms. The highest BCUT2D eigenvalue weighted by Crippen LogP contribution is 2.25. The summed E-state index contributed by atoms with van der Waals surface area (Å²) in [5.74, 6) is 1.76. The zero-order chi connectivity index (χ0) is 14.2. The van der Waals surface area contributed by atoms with E-state index in [2.05, 4.69) is 24.4 Å². The molecular formula is C17H21NO2. The van der Waals surface area contributed by atoms with Gasteiger partial charge in [0.15, 0.2) is 0 Å². The highest BCUT2D eigenvalue weighted by Gasteiger charge is 2.02. The third kappa shape index (κ3) is 4.37. The smallest absolute Gasteiger partial charge is 0.130 e. The minimum Gasteiger partial charge on any atom is -0.457 e. The fourth-order valence-electron chi connectivity index (χ4n) is 1.96. The summed E-state index contributed by atoms with van der Waals surface area (Å²) < 4.78 is 10.9. The van der Waals surface area contributed by atoms with Crippen LogP contribution in [0.15, 0.2) is 48.5 Å². The van der Waals surface area contributed by atoms with Crippen LogP contribution in [0, 0.1) is 6.92 Å². The van der Waals surface area contributed by atoms with E-state index in [1.54, 1.807) is 7.11 Å². The first kappa shape index (κ1) is 14.6. The second kappa shape index (κ2) is 7.68. The SMILES string of the molecule is COCCNCc1ccc(Oc2ccccc2)c(C)c1. The molecular weight excluding hydrogens is 250 g/mol. The van der Waals surface area contributed by atoms with Gasteiger partial charge in [0.25, 0.3) is 0 Å². The minimum atomic E-state index is 0.730. The van der Waals surface area contributed by atoms with E-state index in [1.807, 2.05) is 36.4 Å². The molecule has 2 aromatic carbocycles. The average molecular weight is 271 g/mol. The molecule has 0 atom stereocenters. The number of methoxy groups -OCH3 is 1. The number of benzene rings is 2. The first-order valence-corrected chi connectivity index (χ1v) is 6.81. The molecule has 0 fully saturated rings. The second-order valence-electron chi connectivity index (χ2n) is 4.68. The maximum absolute atomic E-state index is 5.87. The third-order valence-electron chi connectivity index (χ3n) is 3.02. The molecule has 0 saturated heterocycles. The molecule has 0 bridgehead atoms. The topological polar surface area (TPSA) is 30.5 Å². The van der Waals surface area contributed by atoms with Crippen LogP contribution >= 0.6 is 0 Å². The van der Waals surface area contributed by atoms with E-state index in [1.165, 1.54) is 5.56 Å². The van der Waals surface area contributed by atoms with Crippen molar-refractivity contribution < 1.29 is 9.47 Å². The summed E-state index contributed by atoms with van der Waals surface area (Å²) in [5, 5.41) is 3.33. The number of hydrogen-bond donors (Lipinski definition) is 1. The lowest BCUT2D eigenvalue weighted by Crippen LogP contribution is -2.18. The second-order valence-corrected chi connectivity index (χ2v) is 4.68. The van der Waals surface area contributed by atoms with Gasteiger partial charge in [-0.3, -0.25) is 0 Å². The Morgan fingerprint density at radius 3 is 2.55 bits per heavy atom. The first-order valence-electron chi connectivity index (χ1n) is 6.81. The highest BCUT2D eigenvalue weighted by molar-refractivity contribution is 5.39. The van der Waals surface area contributed by atoms with E-state index in [9.17, 15) is 0 Å². The Morgan fingerprint density at radius 1 is 1.05 bits per heavy atom. The lowest BCUT2D eigenvalue weighted by Gasteiger charge is -2.11. The molecule has 0 unspecified atom stereocenters. The van der Waals surface area contributed by atoms with Crippen molar-refractivity contribution in [2.75, 3.05) is 20.3 Å². The van der Waals surface area contributed by atoms with Gasteiger partial charge in [0.1, 0.15) is 11.5 Å². The van der Waals surface area contributed by atoms with Crippen LogP contribution in [0.3, 0.4) is 0 Å². The van der Waals surface area contributed by atoms with Crippen molar-refractivity contribution in [3.05, 3.63) is 59.7 Å². The summed E-state index contributed by atoms with van der Waals surface area (Å²) in [6, 6.07) is 16.1. The van der Waals surface area contributed by atoms with E-state index in [-0.39, 0.29) is 0 Å². The highest BCUT2D eigenvalue weighted by atomic mass is 16.5. The van der Waals surface area contributed by atoms with Crippen molar-refractivity contribution in [1.82, 2.24) is 5.32 Å². The summed E-state index contributed by atoms with van der Waals surface area (Å²) >= 11 is 0. The van der Waals surface area contributed by atoms with Gasteiger partial charge in [-0.1, -0.05) is 30.3 Å². The molecule has 0 aliphatic carbocycles. The lowest BCUT2D eigenvalue weighted by atomic mass is 10.1. The van der Waals surface area contributed by atoms with Gasteiger partial charge in [0.2, 0.25) is 0 Å². The van der Waals surface area contributed by atoms with Crippen molar-refractivity contribution in [2.24, 2.45) is 0 Å². The summed E-state index contributed by atoms with van der Waals surface area (Å²) in [7, 11) is 1.71. The molecule has 0 aliphatic heterocycles. The normalized spacial score (nSPS) is 10.5. The quantitative estimate of drug-likeness (QED) is 0.782. The maximum atomic E-state index is 5.87. The van der Waals surface area contributed by atoms with Gasteiger partial charge in [-0.25, -0.2) is 0 Å². The predicted molar refractivity (Wildman–Crippen MR) is 81.3 cm³/mol. The molecule has 2 rings (SSSR count). The van der Waals surface area contributed by atoms with Crippen LogP contribution in [0.2, 0.25) is 0 Å². The standard InChI is InChI=1S/C17H21NO2/c1-14-12-15(13-18-10-11-19-2)8-9-17(14)20-16-6-4-3-5-7-16/h3-9,12,18H,10-11,13H2,1-2H3. The van der Waals surface area contributed by atoms with Gasteiger partial charge in [-0.15, -0.1) is 0 Å². The number of hydrogen-bond acceptors (Lipinski definition) is 3. The zero-order valence-electron chi connectivity index (χ0n) is 12.1. The molecule has 0 amide bonds. The summed E-state index contributed by atoms with van der Waals surface area (Å²) in [6.07, 6.45) is 0. The average Bonchev–Trinajstić information content (AvgIpc) is 2.47. The molecule has 0 saturated carbocycles. The summed E-state index contributed by atoms with van der Waals surface area (Å²) in [4.78, 5) is 0. The van der Waals surface area contributed by atoms with E-state index >= 15 is 0 Å². The number of para-hydroxylation sites is 1. The zero-order valence-corrected chi connectivity index (χ0v) is 12.1. The number of aryl methyl sites for hydroxylation is 1. The molecule has 0 aliphatic rings. The van der Waals surface area contributed by atoms with Gasteiger partial charge >= 0.3 is 0 Å². The molecule has 0 radical (unpaired) electrons. The molecule has 0 heterocycles. The Labute approximate surface area is 120 Å². The van der Waals surface area contributed by atoms with E-state index in [0.717, 1.165) is 36.8 Å². The van der Waals surface area contributed by atoms with Gasteiger partial charge in [-0.05, 0) is 36.2 Å². The summed E-state index contributed by atoms with van der Waals surface area (Å²) in [6.45, 7) is 4.50. The Balaban J connectivity index is 1.95. The van der Waals surface area contributed by atoms with E-state index < -0.39 is 0 Å². The van der Waals surface area contributed by atoms with Crippen LogP contribution in [0.25, 0.3) is 0 Å². The van der Waals surface area contributed by atoms with Crippen molar-refractivity contribution >= 4 is 0 Å². The first-order chi connectivity index (χ1) is 9.79. The van der Waals surface area contributed by atoms with Gasteiger partial charge in [0, 0.05) is 20.2 Å². The van der Waals surface area contributed by atoms with Crippen molar-refractivity contribution in [1.29, 1.82) is 0 Å². The van der Waals surface area contributed by atoms with Crippen LogP contribution < -0.4 is 10.1 Å². The van der Waals surface area contributed by atoms with E-state index in [0.29, 0.717) is 0 Å². The molecule has 0 aromatic heterocycles. The van der Waals surface area contributed by atoms with Gasteiger partial charge in [0.05, 0.1) is 6.61 Å². The summed E-state index contributed by atoms with van der Waals surface area (Å²) in [5.41, 5.74) is 2.39. The predicted octanol–water partition coefficient (Wildman–Crippen LogP) is 3.52. The van der Waals surface area contributed by atoms with Crippen LogP contribution in [0.1, 0.15) is 11.1 Å². The molecule has 1 N–H and O–H groups in total. The largest absolute Gasteiger partial charge is 0.457 e. The maximum Gasteiger partial charge on any atom is 0.130 e. The van der Waals surface area contributed by atoms with Crippen molar-refractivity contribution in [2.45, 2.75) is 13.5 Å². The van der Waals surface area contributed by atoms with Crippen molar-refractivity contribution in [3.8, 4) is 11.5 Å². The fourth-order valence-corrected chi connectivity index (χ4v) is 1.96. The monoisotopic (exact) mass is 271 g/mol. The third-order valence-corrected chi connectivity index (χ3v) is 3.02. The Morgan fingerprint density at radius 2 is 1.85 bits per heavy atom. The molecule has 3 nitrogen and oxygen atoms in total. The number of rotatable bonds is 7. The number of ether oxygens (including phenoxy) is 2. The van der Waals surface area contributed by atoms with Crippen LogP contribution in [-0.2, 0) is 11.3 Å². The van der Waals surface area contributed by atoms with Crippen molar-refractivity contribution in [3.63, 3.8) is 0 Å². The molecule has 2 aromatic rings. The van der Waals surface area contributed by atoms with E-state index in [4.69, 9.17) is 9.47 Å².